The normalized spacial score (nSPS) is 12.8. The van der Waals surface area contributed by atoms with Crippen LogP contribution in [0.1, 0.15) is 24.8 Å². The molecule has 1 aromatic carbocycles. The van der Waals surface area contributed by atoms with Crippen molar-refractivity contribution < 1.29 is 14.6 Å². The molecule has 0 spiro atoms. The van der Waals surface area contributed by atoms with Crippen molar-refractivity contribution >= 4 is 11.6 Å². The van der Waals surface area contributed by atoms with E-state index in [9.17, 15) is 9.50 Å². The van der Waals surface area contributed by atoms with Crippen LogP contribution in [0.2, 0.25) is 5.02 Å². The van der Waals surface area contributed by atoms with E-state index in [0.717, 1.165) is 0 Å². The van der Waals surface area contributed by atoms with Crippen LogP contribution in [-0.2, 0) is 0 Å². The molecule has 15 heavy (non-hydrogen) atoms. The van der Waals surface area contributed by atoms with Gasteiger partial charge in [0.2, 0.25) is 5.82 Å². The van der Waals surface area contributed by atoms with Gasteiger partial charge < -0.3 is 15.9 Å². The molecule has 4 N–H and O–H groups in total. The fraction of sp³-hybridized carbons (Fsp3) is 0.400. The zero-order chi connectivity index (χ0) is 11.6. The van der Waals surface area contributed by atoms with Gasteiger partial charge in [-0.05, 0) is 24.9 Å². The van der Waals surface area contributed by atoms with Crippen LogP contribution in [0, 0.1) is 5.82 Å². The van der Waals surface area contributed by atoms with Crippen molar-refractivity contribution in [3.05, 3.63) is 22.5 Å². The predicted octanol–water partition coefficient (Wildman–Crippen LogP) is 2.34. The molecule has 0 bridgehead atoms. The van der Waals surface area contributed by atoms with Gasteiger partial charge in [-0.25, -0.2) is 0 Å². The lowest BCUT2D eigenvalue weighted by molar-refractivity contribution is 0.382. The zero-order valence-electron chi connectivity index (χ0n) is 8.30. The van der Waals surface area contributed by atoms with Crippen LogP contribution in [0.5, 0.6) is 11.5 Å². The van der Waals surface area contributed by atoms with Gasteiger partial charge in [-0.3, -0.25) is 0 Å². The summed E-state index contributed by atoms with van der Waals surface area (Å²) in [5.74, 6) is -2.47. The molecule has 0 heterocycles. The summed E-state index contributed by atoms with van der Waals surface area (Å²) in [6, 6.07) is 1.36. The maximum atomic E-state index is 13.2. The molecule has 1 aromatic rings. The van der Waals surface area contributed by atoms with E-state index in [1.54, 1.807) is 6.92 Å². The highest BCUT2D eigenvalue weighted by Crippen LogP contribution is 2.39. The molecule has 0 saturated heterocycles. The maximum absolute atomic E-state index is 13.2. The molecule has 0 saturated carbocycles. The monoisotopic (exact) mass is 233 g/mol. The van der Waals surface area contributed by atoms with E-state index < -0.39 is 17.3 Å². The first-order chi connectivity index (χ1) is 6.99. The van der Waals surface area contributed by atoms with Crippen LogP contribution in [0.3, 0.4) is 0 Å². The first-order valence-electron chi connectivity index (χ1n) is 4.59. The first kappa shape index (κ1) is 12.1. The van der Waals surface area contributed by atoms with E-state index in [4.69, 9.17) is 22.4 Å². The van der Waals surface area contributed by atoms with E-state index in [1.165, 1.54) is 6.07 Å². The van der Waals surface area contributed by atoms with Crippen LogP contribution in [0.25, 0.3) is 0 Å². The van der Waals surface area contributed by atoms with Gasteiger partial charge in [0.15, 0.2) is 11.5 Å². The van der Waals surface area contributed by atoms with Crippen LogP contribution in [-0.4, -0.2) is 16.8 Å². The Balaban J connectivity index is 3.19. The van der Waals surface area contributed by atoms with Crippen LogP contribution >= 0.6 is 11.6 Å². The summed E-state index contributed by atoms with van der Waals surface area (Å²) < 4.78 is 13.2. The third kappa shape index (κ3) is 2.33. The second-order valence-electron chi connectivity index (χ2n) is 3.44. The minimum Gasteiger partial charge on any atom is -0.505 e. The Bertz CT molecular complexity index is 371. The number of aromatic hydroxyl groups is 2. The summed E-state index contributed by atoms with van der Waals surface area (Å²) in [6.07, 6.45) is 0.605. The summed E-state index contributed by atoms with van der Waals surface area (Å²) >= 11 is 5.60. The summed E-state index contributed by atoms with van der Waals surface area (Å²) in [4.78, 5) is 0. The van der Waals surface area contributed by atoms with Crippen LogP contribution in [0.4, 0.5) is 4.39 Å². The number of nitrogens with two attached hydrogens (primary N) is 1. The smallest absolute Gasteiger partial charge is 0.208 e. The van der Waals surface area contributed by atoms with Crippen molar-refractivity contribution in [2.45, 2.75) is 19.3 Å². The summed E-state index contributed by atoms with van der Waals surface area (Å²) in [5, 5.41) is 18.5. The molecule has 3 nitrogen and oxygen atoms in total. The average Bonchev–Trinajstić information content (AvgIpc) is 2.20. The fourth-order valence-corrected chi connectivity index (χ4v) is 1.60. The SMILES string of the molecule is CC(CCN)c1cc(Cl)c(O)c(F)c1O. The van der Waals surface area contributed by atoms with Crippen LogP contribution in [0.15, 0.2) is 6.07 Å². The van der Waals surface area contributed by atoms with Crippen molar-refractivity contribution in [3.8, 4) is 11.5 Å². The molecule has 0 aromatic heterocycles. The fourth-order valence-electron chi connectivity index (χ4n) is 1.40. The highest BCUT2D eigenvalue weighted by atomic mass is 35.5. The molecule has 1 unspecified atom stereocenters. The van der Waals surface area contributed by atoms with Gasteiger partial charge in [0.05, 0.1) is 5.02 Å². The summed E-state index contributed by atoms with van der Waals surface area (Å²) in [5.41, 5.74) is 5.73. The number of benzene rings is 1. The topological polar surface area (TPSA) is 66.5 Å². The summed E-state index contributed by atoms with van der Waals surface area (Å²) in [7, 11) is 0. The largest absolute Gasteiger partial charge is 0.505 e. The number of halogens is 2. The lowest BCUT2D eigenvalue weighted by atomic mass is 9.96. The highest BCUT2D eigenvalue weighted by Gasteiger charge is 2.19. The average molecular weight is 234 g/mol. The molecule has 0 radical (unpaired) electrons. The maximum Gasteiger partial charge on any atom is 0.208 e. The molecule has 1 atom stereocenters. The minimum atomic E-state index is -1.08. The lowest BCUT2D eigenvalue weighted by Gasteiger charge is -2.14. The van der Waals surface area contributed by atoms with Gasteiger partial charge in [-0.1, -0.05) is 18.5 Å². The number of phenolic OH excluding ortho intramolecular Hbond substituents is 2. The van der Waals surface area contributed by atoms with E-state index in [2.05, 4.69) is 0 Å². The van der Waals surface area contributed by atoms with Crippen LogP contribution < -0.4 is 5.73 Å². The van der Waals surface area contributed by atoms with Gasteiger partial charge in [0, 0.05) is 5.56 Å². The highest BCUT2D eigenvalue weighted by molar-refractivity contribution is 6.32. The van der Waals surface area contributed by atoms with Crippen molar-refractivity contribution in [2.24, 2.45) is 5.73 Å². The van der Waals surface area contributed by atoms with Gasteiger partial charge in [0.1, 0.15) is 0 Å². The van der Waals surface area contributed by atoms with Gasteiger partial charge >= 0.3 is 0 Å². The standard InChI is InChI=1S/C10H13ClFNO2/c1-5(2-3-13)6-4-7(11)10(15)8(12)9(6)14/h4-5,14-15H,2-3,13H2,1H3. The molecule has 0 aliphatic carbocycles. The number of hydrogen-bond acceptors (Lipinski definition) is 3. The Morgan fingerprint density at radius 1 is 1.47 bits per heavy atom. The Morgan fingerprint density at radius 2 is 2.07 bits per heavy atom. The third-order valence-corrected chi connectivity index (χ3v) is 2.62. The van der Waals surface area contributed by atoms with E-state index >= 15 is 0 Å². The molecule has 0 amide bonds. The Kier molecular flexibility index (Phi) is 3.77. The van der Waals surface area contributed by atoms with E-state index in [-0.39, 0.29) is 10.9 Å². The van der Waals surface area contributed by atoms with E-state index in [1.807, 2.05) is 0 Å². The summed E-state index contributed by atoms with van der Waals surface area (Å²) in [6.45, 7) is 2.23. The first-order valence-corrected chi connectivity index (χ1v) is 4.96. The minimum absolute atomic E-state index is 0.107. The lowest BCUT2D eigenvalue weighted by Crippen LogP contribution is -2.05. The van der Waals surface area contributed by atoms with Gasteiger partial charge in [0.25, 0.3) is 0 Å². The number of hydrogen-bond donors (Lipinski definition) is 3. The van der Waals surface area contributed by atoms with Crippen molar-refractivity contribution in [2.75, 3.05) is 6.54 Å². The second-order valence-corrected chi connectivity index (χ2v) is 3.84. The zero-order valence-corrected chi connectivity index (χ0v) is 9.05. The molecule has 0 aliphatic heterocycles. The molecule has 5 heteroatoms. The van der Waals surface area contributed by atoms with Crippen molar-refractivity contribution in [1.82, 2.24) is 0 Å². The molecule has 84 valence electrons. The quantitative estimate of drug-likeness (QED) is 0.751. The molecule has 0 fully saturated rings. The number of rotatable bonds is 3. The molecule has 0 aliphatic rings. The van der Waals surface area contributed by atoms with Crippen molar-refractivity contribution in [3.63, 3.8) is 0 Å². The molecular weight excluding hydrogens is 221 g/mol. The Labute approximate surface area is 92.3 Å². The molecule has 1 rings (SSSR count). The Hall–Kier alpha value is -1.00. The third-order valence-electron chi connectivity index (χ3n) is 2.33. The second kappa shape index (κ2) is 4.68. The predicted molar refractivity (Wildman–Crippen MR) is 56.8 cm³/mol. The van der Waals surface area contributed by atoms with E-state index in [0.29, 0.717) is 18.5 Å². The Morgan fingerprint density at radius 3 is 2.60 bits per heavy atom. The van der Waals surface area contributed by atoms with Gasteiger partial charge in [-0.2, -0.15) is 4.39 Å². The number of phenols is 2. The van der Waals surface area contributed by atoms with Crippen molar-refractivity contribution in [1.29, 1.82) is 0 Å². The van der Waals surface area contributed by atoms with Gasteiger partial charge in [-0.15, -0.1) is 0 Å². The molecular formula is C10H13ClFNO2.